The Labute approximate surface area is 282 Å². The molecule has 11 heteroatoms. The first-order valence-electron chi connectivity index (χ1n) is 16.9. The number of ether oxygens (including phenoxy) is 1. The Balaban J connectivity index is 1.17. The average Bonchev–Trinajstić information content (AvgIpc) is 3.50. The number of aliphatic hydroxyl groups excluding tert-OH is 1. The van der Waals surface area contributed by atoms with Crippen LogP contribution in [0.2, 0.25) is 18.6 Å². The van der Waals surface area contributed by atoms with Gasteiger partial charge in [-0.05, 0) is 54.4 Å². The van der Waals surface area contributed by atoms with Crippen molar-refractivity contribution in [3.05, 3.63) is 95.1 Å². The van der Waals surface area contributed by atoms with Crippen molar-refractivity contribution in [3.63, 3.8) is 0 Å². The van der Waals surface area contributed by atoms with Crippen LogP contribution < -0.4 is 15.1 Å². The van der Waals surface area contributed by atoms with Crippen molar-refractivity contribution in [1.29, 1.82) is 0 Å². The second-order valence-corrected chi connectivity index (χ2v) is 18.2. The number of nitrogens with zero attached hydrogens (tertiary/aromatic N) is 3. The molecule has 2 fully saturated rings. The maximum absolute atomic E-state index is 14.7. The van der Waals surface area contributed by atoms with Gasteiger partial charge in [-0.15, -0.1) is 0 Å². The highest BCUT2D eigenvalue weighted by Crippen LogP contribution is 2.59. The van der Waals surface area contributed by atoms with Gasteiger partial charge >= 0.3 is 0 Å². The zero-order valence-corrected chi connectivity index (χ0v) is 28.8. The quantitative estimate of drug-likeness (QED) is 0.331. The van der Waals surface area contributed by atoms with E-state index >= 15 is 0 Å². The van der Waals surface area contributed by atoms with Gasteiger partial charge in [0, 0.05) is 42.3 Å². The summed E-state index contributed by atoms with van der Waals surface area (Å²) in [5, 5.41) is 13.3. The normalized spacial score (nSPS) is 27.1. The number of hydrogen-bond acceptors (Lipinski definition) is 7. The fourth-order valence-electron chi connectivity index (χ4n) is 8.56. The molecule has 4 aliphatic rings. The molecule has 4 aliphatic heterocycles. The van der Waals surface area contributed by atoms with E-state index in [0.717, 1.165) is 40.2 Å². The summed E-state index contributed by atoms with van der Waals surface area (Å²) in [6.07, 6.45) is -0.0986. The van der Waals surface area contributed by atoms with Gasteiger partial charge in [-0.1, -0.05) is 61.5 Å². The molecule has 10 nitrogen and oxygen atoms in total. The van der Waals surface area contributed by atoms with Crippen LogP contribution >= 0.6 is 0 Å². The molecule has 0 aliphatic carbocycles. The lowest BCUT2D eigenvalue weighted by molar-refractivity contribution is -0.151. The molecule has 7 rings (SSSR count). The number of anilines is 2. The zero-order chi connectivity index (χ0) is 33.8. The van der Waals surface area contributed by atoms with Crippen LogP contribution in [0.1, 0.15) is 35.6 Å². The van der Waals surface area contributed by atoms with Gasteiger partial charge in [-0.3, -0.25) is 14.4 Å². The first kappa shape index (κ1) is 32.7. The molecular formula is C37H44N4O6Si. The molecule has 0 bridgehead atoms. The first-order valence-corrected chi connectivity index (χ1v) is 19.9. The summed E-state index contributed by atoms with van der Waals surface area (Å²) < 4.78 is 6.90. The van der Waals surface area contributed by atoms with E-state index in [-0.39, 0.29) is 42.3 Å². The number of carbonyl (C=O) groups excluding carboxylic acids is 3. The molecule has 252 valence electrons. The predicted octanol–water partition coefficient (Wildman–Crippen LogP) is 3.30. The molecule has 3 aromatic rings. The van der Waals surface area contributed by atoms with Crippen molar-refractivity contribution in [1.82, 2.24) is 10.2 Å². The standard InChI is InChI=1S/C37H44N4O6Si/c1-24-35(48(2,3)46)32(19-33(43)40-22-27-9-5-4-8-26(27)18-29(40)23-42)47-37(24)30-10-6-7-11-31(30)41(36(37)45)21-25-12-14-28(15-13-25)39-17-16-38-20-34(39)44/h4-15,24,29,32,35,38,42,46H,16-23H2,1-3H3/t24-,29-,32+,35-,37+/m0/s1. The van der Waals surface area contributed by atoms with Gasteiger partial charge in [-0.25, -0.2) is 0 Å². The summed E-state index contributed by atoms with van der Waals surface area (Å²) in [6.45, 7) is 7.91. The molecule has 0 radical (unpaired) electrons. The van der Waals surface area contributed by atoms with Gasteiger partial charge in [0.15, 0.2) is 13.9 Å². The topological polar surface area (TPSA) is 123 Å². The molecule has 3 aromatic carbocycles. The molecule has 0 saturated carbocycles. The minimum atomic E-state index is -2.97. The summed E-state index contributed by atoms with van der Waals surface area (Å²) >= 11 is 0. The third-order valence-corrected chi connectivity index (χ3v) is 13.3. The molecule has 48 heavy (non-hydrogen) atoms. The molecule has 1 spiro atoms. The van der Waals surface area contributed by atoms with Crippen molar-refractivity contribution >= 4 is 37.4 Å². The van der Waals surface area contributed by atoms with E-state index in [9.17, 15) is 24.3 Å². The highest BCUT2D eigenvalue weighted by molar-refractivity contribution is 6.71. The Bertz CT molecular complexity index is 1730. The van der Waals surface area contributed by atoms with E-state index in [1.54, 1.807) is 14.7 Å². The number of benzene rings is 3. The second kappa shape index (κ2) is 12.5. The fourth-order valence-corrected chi connectivity index (χ4v) is 11.1. The average molecular weight is 669 g/mol. The molecule has 3 amide bonds. The van der Waals surface area contributed by atoms with Crippen LogP contribution in [0.15, 0.2) is 72.8 Å². The molecule has 4 heterocycles. The summed E-state index contributed by atoms with van der Waals surface area (Å²) in [7, 11) is -2.97. The number of nitrogens with one attached hydrogen (secondary N) is 1. The fraction of sp³-hybridized carbons (Fsp3) is 0.432. The third kappa shape index (κ3) is 5.47. The Morgan fingerprint density at radius 2 is 1.73 bits per heavy atom. The smallest absolute Gasteiger partial charge is 0.264 e. The second-order valence-electron chi connectivity index (χ2n) is 14.2. The molecule has 5 atom stereocenters. The lowest BCUT2D eigenvalue weighted by Crippen LogP contribution is -2.48. The Kier molecular flexibility index (Phi) is 8.53. The summed E-state index contributed by atoms with van der Waals surface area (Å²) in [6, 6.07) is 23.0. The SMILES string of the molecule is C[C@H]1[C@H]([Si](C)(C)O)[C@@H](CC(=O)N2Cc3ccccc3C[C@H]2CO)O[C@]12C(=O)N(Cc1ccc(N3CCNCC3=O)cc1)c1ccccc12. The Morgan fingerprint density at radius 3 is 2.44 bits per heavy atom. The van der Waals surface area contributed by atoms with Crippen molar-refractivity contribution in [2.75, 3.05) is 36.0 Å². The van der Waals surface area contributed by atoms with Crippen LogP contribution in [-0.2, 0) is 44.2 Å². The molecule has 0 unspecified atom stereocenters. The minimum Gasteiger partial charge on any atom is -0.432 e. The lowest BCUT2D eigenvalue weighted by Gasteiger charge is -2.37. The van der Waals surface area contributed by atoms with E-state index in [2.05, 4.69) is 5.32 Å². The van der Waals surface area contributed by atoms with E-state index < -0.39 is 25.9 Å². The number of carbonyl (C=O) groups is 3. The van der Waals surface area contributed by atoms with E-state index in [1.165, 1.54) is 0 Å². The summed E-state index contributed by atoms with van der Waals surface area (Å²) in [5.74, 6) is -0.713. The van der Waals surface area contributed by atoms with Crippen molar-refractivity contribution in [3.8, 4) is 0 Å². The maximum atomic E-state index is 14.7. The Morgan fingerprint density at radius 1 is 1.02 bits per heavy atom. The van der Waals surface area contributed by atoms with Gasteiger partial charge in [0.05, 0.1) is 44.0 Å². The number of fused-ring (bicyclic) bond motifs is 3. The number of para-hydroxylation sites is 1. The van der Waals surface area contributed by atoms with E-state index in [0.29, 0.717) is 32.6 Å². The number of aliphatic hydroxyl groups is 1. The van der Waals surface area contributed by atoms with E-state index in [4.69, 9.17) is 4.74 Å². The third-order valence-electron chi connectivity index (χ3n) is 10.8. The highest BCUT2D eigenvalue weighted by Gasteiger charge is 2.66. The predicted molar refractivity (Wildman–Crippen MR) is 185 cm³/mol. The highest BCUT2D eigenvalue weighted by atomic mass is 28.4. The van der Waals surface area contributed by atoms with Gasteiger partial charge in [0.25, 0.3) is 5.91 Å². The first-order chi connectivity index (χ1) is 23.0. The molecule has 2 saturated heterocycles. The zero-order valence-electron chi connectivity index (χ0n) is 27.8. The van der Waals surface area contributed by atoms with Crippen LogP contribution in [0.3, 0.4) is 0 Å². The monoisotopic (exact) mass is 668 g/mol. The maximum Gasteiger partial charge on any atom is 0.264 e. The van der Waals surface area contributed by atoms with Crippen LogP contribution in [0.5, 0.6) is 0 Å². The largest absolute Gasteiger partial charge is 0.432 e. The lowest BCUT2D eigenvalue weighted by atomic mass is 9.82. The van der Waals surface area contributed by atoms with Crippen LogP contribution in [-0.4, -0.2) is 79.2 Å². The van der Waals surface area contributed by atoms with Crippen LogP contribution in [0.4, 0.5) is 11.4 Å². The van der Waals surface area contributed by atoms with Gasteiger partial charge < -0.3 is 34.7 Å². The van der Waals surface area contributed by atoms with Crippen molar-refractivity contribution in [2.24, 2.45) is 5.92 Å². The van der Waals surface area contributed by atoms with Crippen LogP contribution in [0, 0.1) is 5.92 Å². The van der Waals surface area contributed by atoms with Crippen molar-refractivity contribution < 1.29 is 29.0 Å². The van der Waals surface area contributed by atoms with Gasteiger partial charge in [-0.2, -0.15) is 0 Å². The molecular weight excluding hydrogens is 625 g/mol. The number of amides is 3. The van der Waals surface area contributed by atoms with Crippen LogP contribution in [0.25, 0.3) is 0 Å². The number of hydrogen-bond donors (Lipinski definition) is 3. The van der Waals surface area contributed by atoms with Gasteiger partial charge in [0.2, 0.25) is 11.8 Å². The minimum absolute atomic E-state index is 0.00800. The number of rotatable bonds is 7. The molecule has 0 aromatic heterocycles. The van der Waals surface area contributed by atoms with E-state index in [1.807, 2.05) is 92.8 Å². The number of piperazine rings is 1. The molecule has 3 N–H and O–H groups in total. The summed E-state index contributed by atoms with van der Waals surface area (Å²) in [4.78, 5) is 58.2. The van der Waals surface area contributed by atoms with Gasteiger partial charge in [0.1, 0.15) is 0 Å². The van der Waals surface area contributed by atoms with Crippen molar-refractivity contribution in [2.45, 2.75) is 69.2 Å². The summed E-state index contributed by atoms with van der Waals surface area (Å²) in [5.41, 5.74) is 3.70. The Hall–Kier alpha value is -3.87.